The van der Waals surface area contributed by atoms with E-state index in [1.807, 2.05) is 18.2 Å². The molecule has 0 amide bonds. The molecule has 0 radical (unpaired) electrons. The van der Waals surface area contributed by atoms with Crippen molar-refractivity contribution < 1.29 is 9.53 Å². The molecule has 2 nitrogen and oxygen atoms in total. The number of fused-ring (bicyclic) bond motifs is 1. The lowest BCUT2D eigenvalue weighted by Gasteiger charge is -2.15. The minimum Gasteiger partial charge on any atom is -0.481 e. The Morgan fingerprint density at radius 1 is 1.26 bits per heavy atom. The Balaban J connectivity index is 2.02. The molecule has 0 bridgehead atoms. The van der Waals surface area contributed by atoms with E-state index in [9.17, 15) is 4.79 Å². The van der Waals surface area contributed by atoms with Crippen LogP contribution in [0.25, 0.3) is 0 Å². The zero-order valence-corrected chi connectivity index (χ0v) is 11.9. The fourth-order valence-corrected chi connectivity index (χ4v) is 2.13. The predicted octanol–water partition coefficient (Wildman–Crippen LogP) is 3.63. The van der Waals surface area contributed by atoms with Gasteiger partial charge in [0.15, 0.2) is 5.78 Å². The van der Waals surface area contributed by atoms with Gasteiger partial charge in [-0.15, -0.1) is 0 Å². The molecule has 1 aliphatic carbocycles. The number of hydrogen-bond acceptors (Lipinski definition) is 2. The molecule has 0 atom stereocenters. The van der Waals surface area contributed by atoms with Gasteiger partial charge in [-0.3, -0.25) is 4.79 Å². The van der Waals surface area contributed by atoms with Crippen molar-refractivity contribution in [2.75, 3.05) is 6.61 Å². The monoisotopic (exact) mass is 256 g/mol. The van der Waals surface area contributed by atoms with Crippen LogP contribution in [-0.2, 0) is 6.42 Å². The Kier molecular flexibility index (Phi) is 3.95. The average Bonchev–Trinajstić information content (AvgIpc) is 2.34. The largest absolute Gasteiger partial charge is 0.481 e. The minimum absolute atomic E-state index is 0.00559. The number of carbonyl (C=O) groups is 1. The van der Waals surface area contributed by atoms with Gasteiger partial charge in [0, 0.05) is 17.4 Å². The summed E-state index contributed by atoms with van der Waals surface area (Å²) >= 11 is 0. The molecule has 100 valence electrons. The molecule has 1 aromatic carbocycles. The molecular weight excluding hydrogens is 236 g/mol. The maximum Gasteiger partial charge on any atom is 0.163 e. The summed E-state index contributed by atoms with van der Waals surface area (Å²) < 4.78 is 5.62. The van der Waals surface area contributed by atoms with Crippen LogP contribution in [0, 0.1) is 17.3 Å². The first kappa shape index (κ1) is 13.7. The van der Waals surface area contributed by atoms with Crippen LogP contribution >= 0.6 is 0 Å². The predicted molar refractivity (Wildman–Crippen MR) is 76.4 cm³/mol. The fourth-order valence-electron chi connectivity index (χ4n) is 2.13. The fraction of sp³-hybridized carbons (Fsp3) is 0.471. The van der Waals surface area contributed by atoms with Gasteiger partial charge in [-0.1, -0.05) is 11.8 Å². The zero-order valence-electron chi connectivity index (χ0n) is 11.9. The molecule has 0 spiro atoms. The van der Waals surface area contributed by atoms with Gasteiger partial charge in [-0.25, -0.2) is 0 Å². The van der Waals surface area contributed by atoms with Crippen LogP contribution in [0.4, 0.5) is 0 Å². The van der Waals surface area contributed by atoms with Crippen molar-refractivity contribution >= 4 is 5.78 Å². The molecular formula is C17H20O2. The molecule has 1 aliphatic rings. The summed E-state index contributed by atoms with van der Waals surface area (Å²) in [4.78, 5) is 11.7. The lowest BCUT2D eigenvalue weighted by Crippen LogP contribution is -2.10. The van der Waals surface area contributed by atoms with Crippen LogP contribution < -0.4 is 4.74 Å². The number of ether oxygens (including phenoxy) is 1. The lowest BCUT2D eigenvalue weighted by atomic mass is 9.91. The highest BCUT2D eigenvalue weighted by atomic mass is 16.5. The summed E-state index contributed by atoms with van der Waals surface area (Å²) in [7, 11) is 0. The van der Waals surface area contributed by atoms with E-state index in [0.29, 0.717) is 13.0 Å². The Morgan fingerprint density at radius 2 is 2.05 bits per heavy atom. The highest BCUT2D eigenvalue weighted by Crippen LogP contribution is 2.25. The van der Waals surface area contributed by atoms with Gasteiger partial charge in [-0.2, -0.15) is 0 Å². The van der Waals surface area contributed by atoms with Crippen LogP contribution in [-0.4, -0.2) is 12.4 Å². The SMILES string of the molecule is CC(C)(C)C#CCOc1ccc2c(c1)CCCC2=O. The summed E-state index contributed by atoms with van der Waals surface area (Å²) in [6.45, 7) is 6.61. The minimum atomic E-state index is 0.00559. The first-order valence-corrected chi connectivity index (χ1v) is 6.75. The third-order valence-electron chi connectivity index (χ3n) is 3.00. The quantitative estimate of drug-likeness (QED) is 0.755. The standard InChI is InChI=1S/C17H20O2/c1-17(2,3)10-5-11-19-14-8-9-15-13(12-14)6-4-7-16(15)18/h8-9,12H,4,6-7,11H2,1-3H3. The summed E-state index contributed by atoms with van der Waals surface area (Å²) in [5.41, 5.74) is 1.97. The maximum absolute atomic E-state index is 11.7. The number of ketones is 1. The van der Waals surface area contributed by atoms with Crippen LogP contribution in [0.3, 0.4) is 0 Å². The van der Waals surface area contributed by atoms with Gasteiger partial charge in [-0.05, 0) is 57.4 Å². The second-order valence-electron chi connectivity index (χ2n) is 5.94. The average molecular weight is 256 g/mol. The highest BCUT2D eigenvalue weighted by molar-refractivity contribution is 5.98. The maximum atomic E-state index is 11.7. The Bertz CT molecular complexity index is 539. The van der Waals surface area contributed by atoms with Crippen molar-refractivity contribution in [3.63, 3.8) is 0 Å². The summed E-state index contributed by atoms with van der Waals surface area (Å²) in [5.74, 6) is 7.21. The van der Waals surface area contributed by atoms with Gasteiger partial charge < -0.3 is 4.74 Å². The van der Waals surface area contributed by atoms with Crippen molar-refractivity contribution in [2.45, 2.75) is 40.0 Å². The van der Waals surface area contributed by atoms with Crippen molar-refractivity contribution in [1.82, 2.24) is 0 Å². The van der Waals surface area contributed by atoms with Crippen LogP contribution in [0.2, 0.25) is 0 Å². The third kappa shape index (κ3) is 3.86. The number of carbonyl (C=O) groups excluding carboxylic acids is 1. The molecule has 0 aromatic heterocycles. The van der Waals surface area contributed by atoms with Crippen molar-refractivity contribution in [1.29, 1.82) is 0 Å². The third-order valence-corrected chi connectivity index (χ3v) is 3.00. The molecule has 1 aromatic rings. The molecule has 0 aliphatic heterocycles. The molecule has 2 rings (SSSR count). The van der Waals surface area contributed by atoms with E-state index >= 15 is 0 Å². The second-order valence-corrected chi connectivity index (χ2v) is 5.94. The van der Waals surface area contributed by atoms with E-state index in [-0.39, 0.29) is 11.2 Å². The topological polar surface area (TPSA) is 26.3 Å². The zero-order chi connectivity index (χ0) is 13.9. The second kappa shape index (κ2) is 5.48. The first-order valence-electron chi connectivity index (χ1n) is 6.75. The first-order chi connectivity index (χ1) is 8.96. The summed E-state index contributed by atoms with van der Waals surface area (Å²) in [6.07, 6.45) is 2.58. The van der Waals surface area contributed by atoms with Gasteiger partial charge in [0.25, 0.3) is 0 Å². The lowest BCUT2D eigenvalue weighted by molar-refractivity contribution is 0.0972. The van der Waals surface area contributed by atoms with Gasteiger partial charge in [0.05, 0.1) is 0 Å². The van der Waals surface area contributed by atoms with Crippen molar-refractivity contribution in [2.24, 2.45) is 5.41 Å². The van der Waals surface area contributed by atoms with Crippen LogP contribution in [0.5, 0.6) is 5.75 Å². The molecule has 0 heterocycles. The van der Waals surface area contributed by atoms with Crippen LogP contribution in [0.1, 0.15) is 49.5 Å². The van der Waals surface area contributed by atoms with E-state index in [4.69, 9.17) is 4.74 Å². The Labute approximate surface area is 115 Å². The summed E-state index contributed by atoms with van der Waals surface area (Å²) in [5, 5.41) is 0. The van der Waals surface area contributed by atoms with E-state index in [0.717, 1.165) is 29.7 Å². The molecule has 0 saturated carbocycles. The van der Waals surface area contributed by atoms with E-state index in [1.165, 1.54) is 0 Å². The highest BCUT2D eigenvalue weighted by Gasteiger charge is 2.17. The molecule has 0 saturated heterocycles. The Morgan fingerprint density at radius 3 is 2.79 bits per heavy atom. The van der Waals surface area contributed by atoms with Gasteiger partial charge >= 0.3 is 0 Å². The molecule has 19 heavy (non-hydrogen) atoms. The number of Topliss-reactive ketones (excluding diaryl/α,β-unsaturated/α-hetero) is 1. The molecule has 0 N–H and O–H groups in total. The van der Waals surface area contributed by atoms with E-state index in [1.54, 1.807) is 0 Å². The number of benzene rings is 1. The smallest absolute Gasteiger partial charge is 0.163 e. The number of aryl methyl sites for hydroxylation is 1. The van der Waals surface area contributed by atoms with E-state index in [2.05, 4.69) is 32.6 Å². The van der Waals surface area contributed by atoms with Crippen molar-refractivity contribution in [3.8, 4) is 17.6 Å². The Hall–Kier alpha value is -1.75. The molecule has 2 heteroatoms. The molecule has 0 unspecified atom stereocenters. The van der Waals surface area contributed by atoms with Crippen molar-refractivity contribution in [3.05, 3.63) is 29.3 Å². The molecule has 0 fully saturated rings. The van der Waals surface area contributed by atoms with E-state index < -0.39 is 0 Å². The van der Waals surface area contributed by atoms with Crippen LogP contribution in [0.15, 0.2) is 18.2 Å². The normalized spacial score (nSPS) is 14.4. The number of rotatable bonds is 2. The van der Waals surface area contributed by atoms with Gasteiger partial charge in [0.1, 0.15) is 12.4 Å². The summed E-state index contributed by atoms with van der Waals surface area (Å²) in [6, 6.07) is 5.72. The van der Waals surface area contributed by atoms with Gasteiger partial charge in [0.2, 0.25) is 0 Å². The number of hydrogen-bond donors (Lipinski definition) is 0.